The zero-order valence-corrected chi connectivity index (χ0v) is 12.0. The minimum Gasteiger partial charge on any atom is -0.366 e. The highest BCUT2D eigenvalue weighted by Gasteiger charge is 2.21. The second kappa shape index (κ2) is 4.88. The molecule has 1 atom stereocenters. The van der Waals surface area contributed by atoms with Crippen molar-refractivity contribution in [3.05, 3.63) is 23.1 Å². The smallest absolute Gasteiger partial charge is 0.153 e. The van der Waals surface area contributed by atoms with E-state index in [1.54, 1.807) is 12.4 Å². The Morgan fingerprint density at radius 1 is 1.56 bits per heavy atom. The number of halogens is 1. The summed E-state index contributed by atoms with van der Waals surface area (Å²) in [5.41, 5.74) is 1.01. The minimum atomic E-state index is 0.450. The molecule has 1 unspecified atom stereocenters. The predicted octanol–water partition coefficient (Wildman–Crippen LogP) is 3.48. The van der Waals surface area contributed by atoms with Crippen molar-refractivity contribution in [2.45, 2.75) is 38.6 Å². The van der Waals surface area contributed by atoms with E-state index in [1.807, 2.05) is 10.7 Å². The lowest BCUT2D eigenvalue weighted by molar-refractivity contribution is 0.609. The molecule has 1 fully saturated rings. The maximum absolute atomic E-state index is 4.42. The quantitative estimate of drug-likeness (QED) is 0.919. The van der Waals surface area contributed by atoms with Crippen LogP contribution < -0.4 is 5.32 Å². The molecule has 0 aromatic carbocycles. The standard InChI is InChI=1S/C13H17BrN4/c1-9(2-3-10-4-5-10)17-13-12-11(14)8-16-18(12)7-6-15-13/h6-10H,2-5H2,1H3,(H,15,17). The fraction of sp³-hybridized carbons (Fsp3) is 0.538. The third-order valence-electron chi connectivity index (χ3n) is 3.47. The Hall–Kier alpha value is -1.10. The molecule has 1 aliphatic carbocycles. The van der Waals surface area contributed by atoms with Crippen LogP contribution >= 0.6 is 15.9 Å². The van der Waals surface area contributed by atoms with E-state index in [4.69, 9.17) is 0 Å². The van der Waals surface area contributed by atoms with E-state index < -0.39 is 0 Å². The molecule has 0 saturated heterocycles. The van der Waals surface area contributed by atoms with Gasteiger partial charge in [-0.2, -0.15) is 5.10 Å². The Labute approximate surface area is 115 Å². The van der Waals surface area contributed by atoms with Gasteiger partial charge in [-0.25, -0.2) is 9.50 Å². The van der Waals surface area contributed by atoms with Gasteiger partial charge in [0, 0.05) is 18.4 Å². The summed E-state index contributed by atoms with van der Waals surface area (Å²) in [6.07, 6.45) is 10.8. The molecule has 0 amide bonds. The first-order valence-electron chi connectivity index (χ1n) is 6.48. The van der Waals surface area contributed by atoms with Crippen LogP contribution in [-0.2, 0) is 0 Å². The van der Waals surface area contributed by atoms with Gasteiger partial charge in [-0.3, -0.25) is 0 Å². The molecule has 2 aromatic heterocycles. The van der Waals surface area contributed by atoms with Gasteiger partial charge in [0.05, 0.1) is 10.7 Å². The first kappa shape index (κ1) is 12.0. The third-order valence-corrected chi connectivity index (χ3v) is 4.05. The summed E-state index contributed by atoms with van der Waals surface area (Å²) < 4.78 is 2.82. The van der Waals surface area contributed by atoms with Crippen LogP contribution in [0.25, 0.3) is 5.52 Å². The Kier molecular flexibility index (Phi) is 3.24. The summed E-state index contributed by atoms with van der Waals surface area (Å²) >= 11 is 3.52. The second-order valence-corrected chi connectivity index (χ2v) is 5.98. The van der Waals surface area contributed by atoms with Crippen molar-refractivity contribution in [2.24, 2.45) is 5.92 Å². The van der Waals surface area contributed by atoms with E-state index in [1.165, 1.54) is 25.7 Å². The lowest BCUT2D eigenvalue weighted by Gasteiger charge is -2.15. The van der Waals surface area contributed by atoms with Gasteiger partial charge in [0.1, 0.15) is 5.52 Å². The highest BCUT2D eigenvalue weighted by molar-refractivity contribution is 9.10. The van der Waals surface area contributed by atoms with Crippen LogP contribution in [0.3, 0.4) is 0 Å². The van der Waals surface area contributed by atoms with Crippen LogP contribution in [0.2, 0.25) is 0 Å². The van der Waals surface area contributed by atoms with E-state index >= 15 is 0 Å². The number of hydrogen-bond acceptors (Lipinski definition) is 3. The van der Waals surface area contributed by atoms with Gasteiger partial charge in [0.25, 0.3) is 0 Å². The van der Waals surface area contributed by atoms with Gasteiger partial charge in [-0.05, 0) is 41.6 Å². The van der Waals surface area contributed by atoms with E-state index in [0.29, 0.717) is 6.04 Å². The van der Waals surface area contributed by atoms with Crippen LogP contribution in [0.1, 0.15) is 32.6 Å². The molecular formula is C13H17BrN4. The maximum atomic E-state index is 4.42. The Morgan fingerprint density at radius 3 is 3.17 bits per heavy atom. The Morgan fingerprint density at radius 2 is 2.39 bits per heavy atom. The van der Waals surface area contributed by atoms with Gasteiger partial charge in [0.2, 0.25) is 0 Å². The molecule has 1 saturated carbocycles. The van der Waals surface area contributed by atoms with Crippen molar-refractivity contribution in [1.29, 1.82) is 0 Å². The molecule has 2 heterocycles. The Balaban J connectivity index is 1.74. The van der Waals surface area contributed by atoms with E-state index in [0.717, 1.165) is 21.7 Å². The molecule has 1 aliphatic rings. The van der Waals surface area contributed by atoms with Crippen molar-refractivity contribution in [2.75, 3.05) is 5.32 Å². The fourth-order valence-electron chi connectivity index (χ4n) is 2.21. The summed E-state index contributed by atoms with van der Waals surface area (Å²) in [4.78, 5) is 4.42. The summed E-state index contributed by atoms with van der Waals surface area (Å²) in [6.45, 7) is 2.22. The summed E-state index contributed by atoms with van der Waals surface area (Å²) in [7, 11) is 0. The molecule has 96 valence electrons. The van der Waals surface area contributed by atoms with E-state index in [2.05, 4.69) is 38.3 Å². The molecule has 2 aromatic rings. The zero-order chi connectivity index (χ0) is 12.5. The third kappa shape index (κ3) is 2.51. The molecule has 0 spiro atoms. The molecule has 0 radical (unpaired) electrons. The van der Waals surface area contributed by atoms with Crippen LogP contribution in [0, 0.1) is 5.92 Å². The molecule has 5 heteroatoms. The lowest BCUT2D eigenvalue weighted by Crippen LogP contribution is -2.16. The maximum Gasteiger partial charge on any atom is 0.153 e. The number of nitrogens with one attached hydrogen (secondary N) is 1. The molecule has 0 aliphatic heterocycles. The number of fused-ring (bicyclic) bond motifs is 1. The van der Waals surface area contributed by atoms with Gasteiger partial charge >= 0.3 is 0 Å². The van der Waals surface area contributed by atoms with Gasteiger partial charge in [0.15, 0.2) is 5.82 Å². The number of rotatable bonds is 5. The van der Waals surface area contributed by atoms with Crippen LogP contribution in [0.4, 0.5) is 5.82 Å². The molecule has 4 nitrogen and oxygen atoms in total. The summed E-state index contributed by atoms with van der Waals surface area (Å²) in [6, 6.07) is 0.450. The average Bonchev–Trinajstić information content (AvgIpc) is 3.11. The number of hydrogen-bond donors (Lipinski definition) is 1. The van der Waals surface area contributed by atoms with Crippen molar-refractivity contribution in [3.63, 3.8) is 0 Å². The Bertz CT molecular complexity index is 547. The molecule has 0 bridgehead atoms. The molecular weight excluding hydrogens is 292 g/mol. The number of nitrogens with zero attached hydrogens (tertiary/aromatic N) is 3. The fourth-order valence-corrected chi connectivity index (χ4v) is 2.67. The minimum absolute atomic E-state index is 0.450. The highest BCUT2D eigenvalue weighted by Crippen LogP contribution is 2.34. The van der Waals surface area contributed by atoms with Crippen molar-refractivity contribution in [3.8, 4) is 0 Å². The first-order chi connectivity index (χ1) is 8.74. The van der Waals surface area contributed by atoms with Crippen LogP contribution in [-0.4, -0.2) is 20.6 Å². The van der Waals surface area contributed by atoms with Gasteiger partial charge in [-0.1, -0.05) is 12.8 Å². The van der Waals surface area contributed by atoms with Gasteiger partial charge < -0.3 is 5.32 Å². The van der Waals surface area contributed by atoms with Crippen molar-refractivity contribution >= 4 is 27.3 Å². The van der Waals surface area contributed by atoms with Crippen LogP contribution in [0.5, 0.6) is 0 Å². The first-order valence-corrected chi connectivity index (χ1v) is 7.27. The van der Waals surface area contributed by atoms with Crippen molar-refractivity contribution < 1.29 is 0 Å². The molecule has 18 heavy (non-hydrogen) atoms. The normalized spacial score (nSPS) is 17.0. The van der Waals surface area contributed by atoms with E-state index in [9.17, 15) is 0 Å². The van der Waals surface area contributed by atoms with E-state index in [-0.39, 0.29) is 0 Å². The number of aromatic nitrogens is 3. The highest BCUT2D eigenvalue weighted by atomic mass is 79.9. The topological polar surface area (TPSA) is 42.2 Å². The predicted molar refractivity (Wildman–Crippen MR) is 75.7 cm³/mol. The summed E-state index contributed by atoms with van der Waals surface area (Å²) in [5, 5.41) is 7.75. The lowest BCUT2D eigenvalue weighted by atomic mass is 10.1. The van der Waals surface area contributed by atoms with Crippen LogP contribution in [0.15, 0.2) is 23.1 Å². The number of anilines is 1. The largest absolute Gasteiger partial charge is 0.366 e. The van der Waals surface area contributed by atoms with Crippen molar-refractivity contribution in [1.82, 2.24) is 14.6 Å². The monoisotopic (exact) mass is 308 g/mol. The summed E-state index contributed by atoms with van der Waals surface area (Å²) in [5.74, 6) is 1.89. The zero-order valence-electron chi connectivity index (χ0n) is 10.4. The van der Waals surface area contributed by atoms with Gasteiger partial charge in [-0.15, -0.1) is 0 Å². The SMILES string of the molecule is CC(CCC1CC1)Nc1nccn2ncc(Br)c12. The molecule has 3 rings (SSSR count). The average molecular weight is 309 g/mol. The second-order valence-electron chi connectivity index (χ2n) is 5.13. The molecule has 1 N–H and O–H groups in total.